The van der Waals surface area contributed by atoms with E-state index in [0.717, 1.165) is 24.3 Å². The molecular weight excluding hydrogens is 572 g/mol. The zero-order valence-electron chi connectivity index (χ0n) is 17.3. The topological polar surface area (TPSA) is 44.8 Å². The molecule has 0 amide bonds. The van der Waals surface area contributed by atoms with Gasteiger partial charge in [0, 0.05) is 6.92 Å². The Balaban J connectivity index is 3.52. The molecular formula is C17H10F16O4. The lowest BCUT2D eigenvalue weighted by atomic mass is 10.1. The summed E-state index contributed by atoms with van der Waals surface area (Å²) in [5.74, 6) is -31.7. The first-order chi connectivity index (χ1) is 16.2. The summed E-state index contributed by atoms with van der Waals surface area (Å²) in [4.78, 5) is 11.6. The second kappa shape index (κ2) is 9.66. The predicted molar refractivity (Wildman–Crippen MR) is 83.7 cm³/mol. The monoisotopic (exact) mass is 582 g/mol. The summed E-state index contributed by atoms with van der Waals surface area (Å²) in [7, 11) is 0. The Morgan fingerprint density at radius 1 is 0.676 bits per heavy atom. The van der Waals surface area contributed by atoms with E-state index >= 15 is 0 Å². The number of rotatable bonds is 9. The number of hydrogen-bond acceptors (Lipinski definition) is 4. The molecule has 3 unspecified atom stereocenters. The van der Waals surface area contributed by atoms with Crippen molar-refractivity contribution in [1.29, 1.82) is 0 Å². The van der Waals surface area contributed by atoms with Gasteiger partial charge in [-0.2, -0.15) is 65.9 Å². The fraction of sp³-hybridized carbons (Fsp3) is 0.588. The highest BCUT2D eigenvalue weighted by Crippen LogP contribution is 2.56. The van der Waals surface area contributed by atoms with Gasteiger partial charge in [-0.15, -0.1) is 0 Å². The van der Waals surface area contributed by atoms with Crippen LogP contribution in [0.2, 0.25) is 0 Å². The smallest absolute Gasteiger partial charge is 0.456 e. The van der Waals surface area contributed by atoms with E-state index in [-0.39, 0.29) is 5.56 Å². The molecule has 0 radical (unpaired) electrons. The van der Waals surface area contributed by atoms with Crippen molar-refractivity contribution in [1.82, 2.24) is 0 Å². The number of benzene rings is 1. The largest absolute Gasteiger partial charge is 0.460 e. The molecule has 4 nitrogen and oxygen atoms in total. The Bertz CT molecular complexity index is 939. The number of hydrogen-bond donors (Lipinski definition) is 0. The second-order valence-electron chi connectivity index (χ2n) is 6.96. The van der Waals surface area contributed by atoms with E-state index in [0.29, 0.717) is 0 Å². The maximum absolute atomic E-state index is 14.4. The molecule has 0 fully saturated rings. The molecule has 1 rings (SSSR count). The maximum atomic E-state index is 14.4. The first-order valence-electron chi connectivity index (χ1n) is 8.80. The van der Waals surface area contributed by atoms with Gasteiger partial charge in [0.05, 0.1) is 0 Å². The lowest BCUT2D eigenvalue weighted by Gasteiger charge is -2.41. The van der Waals surface area contributed by atoms with Gasteiger partial charge in [0.2, 0.25) is 0 Å². The number of alkyl halides is 16. The summed E-state index contributed by atoms with van der Waals surface area (Å²) in [6, 6.07) is 5.59. The van der Waals surface area contributed by atoms with Gasteiger partial charge in [-0.3, -0.25) is 9.47 Å². The molecule has 0 aromatic heterocycles. The third-order valence-corrected chi connectivity index (χ3v) is 4.10. The molecule has 20 heteroatoms. The van der Waals surface area contributed by atoms with E-state index in [1.165, 1.54) is 6.07 Å². The minimum Gasteiger partial charge on any atom is -0.456 e. The minimum atomic E-state index is -7.70. The number of halogens is 16. The molecule has 0 spiro atoms. The van der Waals surface area contributed by atoms with Gasteiger partial charge in [-0.1, -0.05) is 30.3 Å². The second-order valence-corrected chi connectivity index (χ2v) is 6.96. The summed E-state index contributed by atoms with van der Waals surface area (Å²) < 4.78 is 220. The zero-order chi connectivity index (χ0) is 29.5. The van der Waals surface area contributed by atoms with Gasteiger partial charge in [-0.05, 0) is 5.56 Å². The van der Waals surface area contributed by atoms with E-state index in [4.69, 9.17) is 0 Å². The van der Waals surface area contributed by atoms with Crippen LogP contribution in [-0.4, -0.2) is 54.1 Å². The highest BCUT2D eigenvalue weighted by atomic mass is 19.4. The van der Waals surface area contributed by atoms with E-state index in [1.807, 2.05) is 4.74 Å². The Kier molecular flexibility index (Phi) is 8.49. The van der Waals surface area contributed by atoms with Crippen LogP contribution in [0.15, 0.2) is 30.3 Å². The van der Waals surface area contributed by atoms with E-state index in [9.17, 15) is 75.0 Å². The van der Waals surface area contributed by atoms with Gasteiger partial charge >= 0.3 is 48.2 Å². The van der Waals surface area contributed by atoms with Crippen LogP contribution in [0.5, 0.6) is 0 Å². The molecule has 3 atom stereocenters. The fourth-order valence-electron chi connectivity index (χ4n) is 2.14. The predicted octanol–water partition coefficient (Wildman–Crippen LogP) is 6.70. The molecule has 1 aromatic rings. The van der Waals surface area contributed by atoms with Crippen LogP contribution in [0, 0.1) is 0 Å². The molecule has 0 aliphatic carbocycles. The minimum absolute atomic E-state index is 0.270. The van der Waals surface area contributed by atoms with Gasteiger partial charge in [0.1, 0.15) is 6.61 Å². The van der Waals surface area contributed by atoms with Crippen molar-refractivity contribution in [3.05, 3.63) is 35.9 Å². The maximum Gasteiger partial charge on any atom is 0.460 e. The highest BCUT2D eigenvalue weighted by Gasteiger charge is 2.84. The van der Waals surface area contributed by atoms with Crippen molar-refractivity contribution in [2.24, 2.45) is 0 Å². The van der Waals surface area contributed by atoms with Gasteiger partial charge in [0.15, 0.2) is 0 Å². The average molecular weight is 582 g/mol. The van der Waals surface area contributed by atoms with Crippen LogP contribution in [0.1, 0.15) is 12.5 Å². The number of esters is 1. The van der Waals surface area contributed by atoms with E-state index in [2.05, 4.69) is 9.47 Å². The Hall–Kier alpha value is -2.51. The van der Waals surface area contributed by atoms with Gasteiger partial charge in [-0.25, -0.2) is 9.18 Å². The quantitative estimate of drug-likeness (QED) is 0.241. The van der Waals surface area contributed by atoms with E-state index < -0.39 is 67.6 Å². The van der Waals surface area contributed by atoms with Crippen LogP contribution in [0.3, 0.4) is 0 Å². The Morgan fingerprint density at radius 2 is 1.14 bits per heavy atom. The molecule has 0 saturated heterocycles. The van der Waals surface area contributed by atoms with Gasteiger partial charge < -0.3 is 4.74 Å². The lowest BCUT2D eigenvalue weighted by Crippen LogP contribution is -2.68. The summed E-state index contributed by atoms with van der Waals surface area (Å²) in [5.41, 5.74) is -0.270. The Labute approximate surface area is 194 Å². The summed E-state index contributed by atoms with van der Waals surface area (Å²) in [5, 5.41) is 0. The zero-order valence-corrected chi connectivity index (χ0v) is 17.3. The average Bonchev–Trinajstić information content (AvgIpc) is 2.69. The van der Waals surface area contributed by atoms with Crippen molar-refractivity contribution in [3.8, 4) is 0 Å². The fourth-order valence-corrected chi connectivity index (χ4v) is 2.14. The molecule has 0 saturated carbocycles. The van der Waals surface area contributed by atoms with Crippen LogP contribution < -0.4 is 0 Å². The molecule has 0 aliphatic rings. The molecule has 37 heavy (non-hydrogen) atoms. The third kappa shape index (κ3) is 6.15. The van der Waals surface area contributed by atoms with Crippen LogP contribution >= 0.6 is 0 Å². The van der Waals surface area contributed by atoms with Crippen LogP contribution in [0.25, 0.3) is 0 Å². The Morgan fingerprint density at radius 3 is 1.51 bits per heavy atom. The molecule has 1 aromatic carbocycles. The molecule has 214 valence electrons. The van der Waals surface area contributed by atoms with Crippen molar-refractivity contribution in [3.63, 3.8) is 0 Å². The molecule has 0 bridgehead atoms. The lowest BCUT2D eigenvalue weighted by molar-refractivity contribution is -0.530. The van der Waals surface area contributed by atoms with E-state index in [1.54, 1.807) is 0 Å². The molecule has 0 aliphatic heterocycles. The first-order valence-corrected chi connectivity index (χ1v) is 8.80. The van der Waals surface area contributed by atoms with Gasteiger partial charge in [0.25, 0.3) is 5.85 Å². The number of carbonyl (C=O) groups is 1. The third-order valence-electron chi connectivity index (χ3n) is 4.10. The highest BCUT2D eigenvalue weighted by molar-refractivity contribution is 5.78. The van der Waals surface area contributed by atoms with Crippen molar-refractivity contribution < 1.29 is 89.3 Å². The molecule has 0 N–H and O–H groups in total. The number of carbonyl (C=O) groups excluding carboxylic acids is 1. The van der Waals surface area contributed by atoms with Crippen molar-refractivity contribution >= 4 is 5.97 Å². The van der Waals surface area contributed by atoms with Crippen LogP contribution in [0.4, 0.5) is 70.2 Å². The molecule has 0 heterocycles. The first kappa shape index (κ1) is 32.5. The summed E-state index contributed by atoms with van der Waals surface area (Å²) >= 11 is 0. The standard InChI is InChI=1S/C17H10F16O4/c1-10(18,12(20,21)15(26,27)28)36-13(22,16(29,30)31)17(32,33)37-11(19,14(23,24)25)9(34)35-7-8-5-3-2-4-6-8/h2-6H,7H2,1H3. The summed E-state index contributed by atoms with van der Waals surface area (Å²) in [6.45, 7) is -2.73. The normalized spacial score (nSPS) is 18.9. The van der Waals surface area contributed by atoms with Crippen molar-refractivity contribution in [2.45, 2.75) is 61.7 Å². The number of ether oxygens (including phenoxy) is 3. The van der Waals surface area contributed by atoms with Crippen molar-refractivity contribution in [2.75, 3.05) is 0 Å². The SMILES string of the molecule is CC(F)(OC(F)(C(F)(F)F)C(F)(F)OC(F)(C(=O)OCc1ccccc1)C(F)(F)F)C(F)(F)C(F)(F)F. The summed E-state index contributed by atoms with van der Waals surface area (Å²) in [6.07, 6.45) is -29.8. The van der Waals surface area contributed by atoms with Crippen LogP contribution in [-0.2, 0) is 25.6 Å².